The average molecular weight is 227 g/mol. The monoisotopic (exact) mass is 227 g/mol. The maximum Gasteiger partial charge on any atom is 0.134 e. The summed E-state index contributed by atoms with van der Waals surface area (Å²) in [4.78, 5) is 5.74. The molecule has 2 aromatic heterocycles. The van der Waals surface area contributed by atoms with Crippen LogP contribution in [0, 0.1) is 13.8 Å². The van der Waals surface area contributed by atoms with E-state index in [4.69, 9.17) is 0 Å². The Kier molecular flexibility index (Phi) is 2.45. The van der Waals surface area contributed by atoms with E-state index in [1.165, 1.54) is 10.4 Å². The summed E-state index contributed by atoms with van der Waals surface area (Å²) in [6.07, 6.45) is 0. The Labute approximate surface area is 90.9 Å². The maximum atomic E-state index is 4.47. The van der Waals surface area contributed by atoms with Gasteiger partial charge in [-0.3, -0.25) is 0 Å². The smallest absolute Gasteiger partial charge is 0.134 e. The van der Waals surface area contributed by atoms with Gasteiger partial charge in [-0.15, -0.1) is 35.3 Å². The number of thiophene rings is 1. The molecule has 0 spiro atoms. The first-order valence-corrected chi connectivity index (χ1v) is 6.03. The number of hydrogen-bond acceptors (Lipinski definition) is 4. The van der Waals surface area contributed by atoms with Crippen molar-refractivity contribution in [2.24, 2.45) is 0 Å². The van der Waals surface area contributed by atoms with Crippen LogP contribution in [-0.2, 0) is 0 Å². The van der Waals surface area contributed by atoms with Crippen LogP contribution in [0.15, 0.2) is 15.7 Å². The molecule has 13 heavy (non-hydrogen) atoms. The van der Waals surface area contributed by atoms with Crippen molar-refractivity contribution in [3.8, 4) is 9.88 Å². The van der Waals surface area contributed by atoms with Crippen molar-refractivity contribution in [1.29, 1.82) is 0 Å². The van der Waals surface area contributed by atoms with Gasteiger partial charge in [0.1, 0.15) is 5.01 Å². The zero-order valence-electron chi connectivity index (χ0n) is 7.37. The van der Waals surface area contributed by atoms with Gasteiger partial charge in [-0.25, -0.2) is 4.98 Å². The molecule has 0 amide bonds. The number of aromatic nitrogens is 1. The molecule has 0 bridgehead atoms. The summed E-state index contributed by atoms with van der Waals surface area (Å²) in [7, 11) is 0. The Hall–Kier alpha value is -0.320. The van der Waals surface area contributed by atoms with E-state index in [1.54, 1.807) is 22.7 Å². The molecule has 0 aliphatic heterocycles. The highest BCUT2D eigenvalue weighted by Crippen LogP contribution is 2.35. The van der Waals surface area contributed by atoms with E-state index in [2.05, 4.69) is 36.0 Å². The molecule has 0 radical (unpaired) electrons. The fourth-order valence-electron chi connectivity index (χ4n) is 1.08. The van der Waals surface area contributed by atoms with Crippen LogP contribution in [0.1, 0.15) is 11.3 Å². The summed E-state index contributed by atoms with van der Waals surface area (Å²) in [6.45, 7) is 4.10. The number of nitrogens with zero attached hydrogens (tertiary/aromatic N) is 1. The molecule has 0 atom stereocenters. The summed E-state index contributed by atoms with van der Waals surface area (Å²) >= 11 is 7.73. The van der Waals surface area contributed by atoms with Crippen LogP contribution in [-0.4, -0.2) is 4.98 Å². The maximum absolute atomic E-state index is 4.47. The lowest BCUT2D eigenvalue weighted by Gasteiger charge is -1.90. The predicted molar refractivity (Wildman–Crippen MR) is 62.2 cm³/mol. The third-order valence-electron chi connectivity index (χ3n) is 1.83. The third-order valence-corrected chi connectivity index (χ3v) is 4.56. The first-order valence-electron chi connectivity index (χ1n) is 3.89. The predicted octanol–water partition coefficient (Wildman–Crippen LogP) is 3.78. The Balaban J connectivity index is 2.53. The van der Waals surface area contributed by atoms with E-state index in [1.807, 2.05) is 6.92 Å². The van der Waals surface area contributed by atoms with Crippen LogP contribution in [0.2, 0.25) is 0 Å². The normalized spacial score (nSPS) is 10.7. The zero-order valence-corrected chi connectivity index (χ0v) is 9.89. The lowest BCUT2D eigenvalue weighted by Crippen LogP contribution is -1.74. The Morgan fingerprint density at radius 1 is 1.38 bits per heavy atom. The lowest BCUT2D eigenvalue weighted by molar-refractivity contribution is 1.22. The summed E-state index contributed by atoms with van der Waals surface area (Å²) in [5, 5.41) is 3.19. The molecule has 0 aliphatic rings. The fourth-order valence-corrected chi connectivity index (χ4v) is 3.28. The topological polar surface area (TPSA) is 12.9 Å². The molecule has 0 unspecified atom stereocenters. The van der Waals surface area contributed by atoms with Gasteiger partial charge in [0.05, 0.1) is 14.8 Å². The van der Waals surface area contributed by atoms with Gasteiger partial charge in [-0.05, 0) is 30.9 Å². The van der Waals surface area contributed by atoms with Crippen LogP contribution >= 0.6 is 35.3 Å². The molecule has 0 saturated carbocycles. The summed E-state index contributed by atoms with van der Waals surface area (Å²) < 4.78 is 1.02. The van der Waals surface area contributed by atoms with Crippen LogP contribution in [0.25, 0.3) is 9.88 Å². The third kappa shape index (κ3) is 1.66. The highest BCUT2D eigenvalue weighted by atomic mass is 32.2. The van der Waals surface area contributed by atoms with Crippen LogP contribution in [0.5, 0.6) is 0 Å². The van der Waals surface area contributed by atoms with E-state index in [0.717, 1.165) is 14.9 Å². The van der Waals surface area contributed by atoms with E-state index < -0.39 is 0 Å². The molecule has 1 nitrogen and oxygen atoms in total. The quantitative estimate of drug-likeness (QED) is 0.732. The highest BCUT2D eigenvalue weighted by molar-refractivity contribution is 7.83. The largest absolute Gasteiger partial charge is 0.239 e. The van der Waals surface area contributed by atoms with E-state index in [0.29, 0.717) is 0 Å². The summed E-state index contributed by atoms with van der Waals surface area (Å²) in [5.74, 6) is 0. The van der Waals surface area contributed by atoms with Crippen molar-refractivity contribution in [3.05, 3.63) is 22.7 Å². The van der Waals surface area contributed by atoms with Crippen molar-refractivity contribution >= 4 is 35.3 Å². The van der Waals surface area contributed by atoms with E-state index in [-0.39, 0.29) is 0 Å². The minimum Gasteiger partial charge on any atom is -0.239 e. The fraction of sp³-hybridized carbons (Fsp3) is 0.222. The SMILES string of the molecule is Cc1ccsc1-c1nc(C)c(S)s1. The van der Waals surface area contributed by atoms with Gasteiger partial charge in [-0.1, -0.05) is 0 Å². The zero-order chi connectivity index (χ0) is 9.42. The number of thiazole rings is 1. The summed E-state index contributed by atoms with van der Waals surface area (Å²) in [5.41, 5.74) is 2.32. The Bertz CT molecular complexity index is 408. The second-order valence-corrected chi connectivity index (χ2v) is 5.51. The van der Waals surface area contributed by atoms with Crippen molar-refractivity contribution < 1.29 is 0 Å². The number of aryl methyl sites for hydroxylation is 2. The molecular weight excluding hydrogens is 218 g/mol. The van der Waals surface area contributed by atoms with Crippen molar-refractivity contribution in [3.63, 3.8) is 0 Å². The second-order valence-electron chi connectivity index (χ2n) is 2.84. The number of hydrogen-bond donors (Lipinski definition) is 1. The molecule has 68 valence electrons. The van der Waals surface area contributed by atoms with Gasteiger partial charge < -0.3 is 0 Å². The highest BCUT2D eigenvalue weighted by Gasteiger charge is 2.09. The van der Waals surface area contributed by atoms with Crippen LogP contribution in [0.4, 0.5) is 0 Å². The number of thiol groups is 1. The average Bonchev–Trinajstić information content (AvgIpc) is 2.60. The molecular formula is C9H9NS3. The molecule has 0 N–H and O–H groups in total. The van der Waals surface area contributed by atoms with Gasteiger partial charge >= 0.3 is 0 Å². The van der Waals surface area contributed by atoms with Gasteiger partial charge in [-0.2, -0.15) is 0 Å². The van der Waals surface area contributed by atoms with Gasteiger partial charge in [0.2, 0.25) is 0 Å². The molecule has 0 fully saturated rings. The first-order chi connectivity index (χ1) is 6.18. The van der Waals surface area contributed by atoms with Crippen molar-refractivity contribution in [2.45, 2.75) is 18.1 Å². The van der Waals surface area contributed by atoms with Gasteiger partial charge in [0.15, 0.2) is 0 Å². The van der Waals surface area contributed by atoms with Crippen molar-refractivity contribution in [2.75, 3.05) is 0 Å². The first kappa shape index (κ1) is 9.24. The molecule has 4 heteroatoms. The minimum absolute atomic E-state index is 1.02. The standard InChI is InChI=1S/C9H9NS3/c1-5-3-4-12-7(5)8-10-6(2)9(11)13-8/h3-4,11H,1-2H3. The molecule has 0 aromatic carbocycles. The molecule has 0 aliphatic carbocycles. The molecule has 2 rings (SSSR count). The van der Waals surface area contributed by atoms with Crippen molar-refractivity contribution in [1.82, 2.24) is 4.98 Å². The summed E-state index contributed by atoms with van der Waals surface area (Å²) in [6, 6.07) is 2.12. The Morgan fingerprint density at radius 2 is 2.15 bits per heavy atom. The molecule has 2 aromatic rings. The van der Waals surface area contributed by atoms with Gasteiger partial charge in [0, 0.05) is 0 Å². The van der Waals surface area contributed by atoms with E-state index >= 15 is 0 Å². The van der Waals surface area contributed by atoms with Crippen LogP contribution < -0.4 is 0 Å². The molecule has 2 heterocycles. The van der Waals surface area contributed by atoms with E-state index in [9.17, 15) is 0 Å². The second kappa shape index (κ2) is 3.44. The Morgan fingerprint density at radius 3 is 2.62 bits per heavy atom. The molecule has 0 saturated heterocycles. The lowest BCUT2D eigenvalue weighted by atomic mass is 10.3. The van der Waals surface area contributed by atoms with Gasteiger partial charge in [0.25, 0.3) is 0 Å². The van der Waals surface area contributed by atoms with Crippen LogP contribution in [0.3, 0.4) is 0 Å². The number of rotatable bonds is 1. The minimum atomic E-state index is 1.02.